The van der Waals surface area contributed by atoms with Crippen molar-refractivity contribution in [2.75, 3.05) is 13.6 Å². The van der Waals surface area contributed by atoms with Gasteiger partial charge in [-0.2, -0.15) is 0 Å². The second kappa shape index (κ2) is 10.8. The lowest BCUT2D eigenvalue weighted by molar-refractivity contribution is 0.0657. The number of ether oxygens (including phenoxy) is 1. The minimum absolute atomic E-state index is 0.232. The molecule has 0 amide bonds. The third-order valence-corrected chi connectivity index (χ3v) is 3.98. The quantitative estimate of drug-likeness (QED) is 0.421. The van der Waals surface area contributed by atoms with E-state index in [9.17, 15) is 0 Å². The van der Waals surface area contributed by atoms with Crippen LogP contribution in [0.2, 0.25) is 5.15 Å². The Balaban J connectivity index is 1.77. The highest BCUT2D eigenvalue weighted by atomic mass is 35.5. The van der Waals surface area contributed by atoms with Crippen LogP contribution in [-0.2, 0) is 24.3 Å². The van der Waals surface area contributed by atoms with Gasteiger partial charge in [0.2, 0.25) is 0 Å². The Morgan fingerprint density at radius 2 is 1.96 bits per heavy atom. The van der Waals surface area contributed by atoms with Crippen molar-refractivity contribution >= 4 is 17.6 Å². The van der Waals surface area contributed by atoms with E-state index in [0.29, 0.717) is 18.3 Å². The maximum Gasteiger partial charge on any atom is 0.191 e. The van der Waals surface area contributed by atoms with E-state index in [2.05, 4.69) is 44.9 Å². The number of aromatic nitrogens is 1. The van der Waals surface area contributed by atoms with Crippen LogP contribution in [0.3, 0.4) is 0 Å². The molecule has 2 aromatic rings. The first-order chi connectivity index (χ1) is 12.6. The van der Waals surface area contributed by atoms with Crippen molar-refractivity contribution in [2.45, 2.75) is 39.5 Å². The molecule has 1 aromatic heterocycles. The molecule has 1 heterocycles. The molecule has 6 heteroatoms. The zero-order chi connectivity index (χ0) is 18.8. The fourth-order valence-electron chi connectivity index (χ4n) is 2.38. The van der Waals surface area contributed by atoms with Gasteiger partial charge < -0.3 is 15.4 Å². The molecule has 0 spiro atoms. The molecule has 0 aliphatic heterocycles. The maximum absolute atomic E-state index is 5.80. The largest absolute Gasteiger partial charge is 0.374 e. The summed E-state index contributed by atoms with van der Waals surface area (Å²) in [5.41, 5.74) is 3.51. The average Bonchev–Trinajstić information content (AvgIpc) is 2.64. The fourth-order valence-corrected chi connectivity index (χ4v) is 2.49. The summed E-state index contributed by atoms with van der Waals surface area (Å²) in [7, 11) is 1.77. The molecule has 0 saturated carbocycles. The maximum atomic E-state index is 5.80. The first kappa shape index (κ1) is 20.2. The van der Waals surface area contributed by atoms with Crippen molar-refractivity contribution in [3.63, 3.8) is 0 Å². The van der Waals surface area contributed by atoms with E-state index in [0.717, 1.165) is 24.5 Å². The third kappa shape index (κ3) is 7.42. The highest BCUT2D eigenvalue weighted by molar-refractivity contribution is 6.29. The zero-order valence-corrected chi connectivity index (χ0v) is 16.4. The molecule has 0 aliphatic carbocycles. The summed E-state index contributed by atoms with van der Waals surface area (Å²) >= 11 is 5.80. The van der Waals surface area contributed by atoms with E-state index in [-0.39, 0.29) is 6.10 Å². The van der Waals surface area contributed by atoms with Crippen molar-refractivity contribution in [3.8, 4) is 0 Å². The predicted molar refractivity (Wildman–Crippen MR) is 108 cm³/mol. The molecular weight excluding hydrogens is 348 g/mol. The van der Waals surface area contributed by atoms with Crippen LogP contribution in [0.4, 0.5) is 0 Å². The van der Waals surface area contributed by atoms with Gasteiger partial charge in [0.1, 0.15) is 5.15 Å². The normalized spacial score (nSPS) is 11.7. The number of guanidine groups is 1. The summed E-state index contributed by atoms with van der Waals surface area (Å²) in [6, 6.07) is 12.2. The van der Waals surface area contributed by atoms with E-state index in [4.69, 9.17) is 16.3 Å². The van der Waals surface area contributed by atoms with E-state index < -0.39 is 0 Å². The first-order valence-electron chi connectivity index (χ1n) is 8.81. The van der Waals surface area contributed by atoms with Crippen LogP contribution in [0.15, 0.2) is 47.6 Å². The Morgan fingerprint density at radius 1 is 1.15 bits per heavy atom. The topological polar surface area (TPSA) is 58.5 Å². The molecule has 0 bridgehead atoms. The Hall–Kier alpha value is -2.11. The monoisotopic (exact) mass is 374 g/mol. The smallest absolute Gasteiger partial charge is 0.191 e. The highest BCUT2D eigenvalue weighted by Gasteiger charge is 2.02. The highest BCUT2D eigenvalue weighted by Crippen LogP contribution is 2.08. The Bertz CT molecular complexity index is 701. The zero-order valence-electron chi connectivity index (χ0n) is 15.6. The van der Waals surface area contributed by atoms with Crippen LogP contribution in [0, 0.1) is 0 Å². The number of hydrogen-bond donors (Lipinski definition) is 2. The molecule has 26 heavy (non-hydrogen) atoms. The molecule has 0 saturated heterocycles. The van der Waals surface area contributed by atoms with Gasteiger partial charge >= 0.3 is 0 Å². The number of hydrogen-bond acceptors (Lipinski definition) is 3. The Kier molecular flexibility index (Phi) is 8.38. The van der Waals surface area contributed by atoms with Crippen molar-refractivity contribution < 1.29 is 4.74 Å². The molecule has 0 aliphatic rings. The van der Waals surface area contributed by atoms with Gasteiger partial charge in [0.25, 0.3) is 0 Å². The number of nitrogens with one attached hydrogen (secondary N) is 2. The summed E-state index contributed by atoms with van der Waals surface area (Å²) in [5.74, 6) is 0.774. The minimum Gasteiger partial charge on any atom is -0.374 e. The van der Waals surface area contributed by atoms with E-state index >= 15 is 0 Å². The summed E-state index contributed by atoms with van der Waals surface area (Å²) < 4.78 is 5.66. The van der Waals surface area contributed by atoms with E-state index in [1.807, 2.05) is 19.9 Å². The molecule has 140 valence electrons. The van der Waals surface area contributed by atoms with Crippen LogP contribution in [0.5, 0.6) is 0 Å². The molecule has 0 atom stereocenters. The summed E-state index contributed by atoms with van der Waals surface area (Å²) in [5, 5.41) is 7.16. The van der Waals surface area contributed by atoms with Gasteiger partial charge in [-0.1, -0.05) is 41.9 Å². The molecule has 2 N–H and O–H groups in total. The number of benzene rings is 1. The van der Waals surface area contributed by atoms with Gasteiger partial charge in [-0.05, 0) is 43.0 Å². The molecule has 5 nitrogen and oxygen atoms in total. The number of halogens is 1. The SMILES string of the molecule is CN=C(NCCc1ccc(Cl)nc1)NCc1cccc(COC(C)C)c1. The Labute approximate surface area is 160 Å². The summed E-state index contributed by atoms with van der Waals surface area (Å²) in [4.78, 5) is 8.35. The van der Waals surface area contributed by atoms with Gasteiger partial charge in [0, 0.05) is 26.3 Å². The van der Waals surface area contributed by atoms with Crippen molar-refractivity contribution in [1.29, 1.82) is 0 Å². The third-order valence-electron chi connectivity index (χ3n) is 3.75. The first-order valence-corrected chi connectivity index (χ1v) is 9.19. The standard InChI is InChI=1S/C20H27ClN4O/c1-15(2)26-14-18-6-4-5-17(11-18)13-25-20(22-3)23-10-9-16-7-8-19(21)24-12-16/h4-8,11-12,15H,9-10,13-14H2,1-3H3,(H2,22,23,25). The summed E-state index contributed by atoms with van der Waals surface area (Å²) in [6.45, 7) is 6.19. The lowest BCUT2D eigenvalue weighted by atomic mass is 10.1. The Morgan fingerprint density at radius 3 is 2.65 bits per heavy atom. The second-order valence-electron chi connectivity index (χ2n) is 6.27. The van der Waals surface area contributed by atoms with Crippen LogP contribution in [-0.4, -0.2) is 30.6 Å². The van der Waals surface area contributed by atoms with Crippen LogP contribution < -0.4 is 10.6 Å². The van der Waals surface area contributed by atoms with Gasteiger partial charge in [-0.15, -0.1) is 0 Å². The van der Waals surface area contributed by atoms with Crippen LogP contribution in [0.25, 0.3) is 0 Å². The number of aliphatic imine (C=N–C) groups is 1. The lowest BCUT2D eigenvalue weighted by Crippen LogP contribution is -2.37. The number of pyridine rings is 1. The molecule has 0 fully saturated rings. The van der Waals surface area contributed by atoms with Crippen molar-refractivity contribution in [1.82, 2.24) is 15.6 Å². The average molecular weight is 375 g/mol. The minimum atomic E-state index is 0.232. The van der Waals surface area contributed by atoms with Gasteiger partial charge in [0.05, 0.1) is 12.7 Å². The molecule has 1 aromatic carbocycles. The van der Waals surface area contributed by atoms with E-state index in [1.165, 1.54) is 11.1 Å². The number of rotatable bonds is 8. The second-order valence-corrected chi connectivity index (χ2v) is 6.66. The number of nitrogens with zero attached hydrogens (tertiary/aromatic N) is 2. The van der Waals surface area contributed by atoms with E-state index in [1.54, 1.807) is 19.3 Å². The molecule has 0 unspecified atom stereocenters. The molecule has 0 radical (unpaired) electrons. The van der Waals surface area contributed by atoms with Crippen molar-refractivity contribution in [2.24, 2.45) is 4.99 Å². The molecular formula is C20H27ClN4O. The summed E-state index contributed by atoms with van der Waals surface area (Å²) in [6.07, 6.45) is 2.88. The lowest BCUT2D eigenvalue weighted by Gasteiger charge is -2.13. The van der Waals surface area contributed by atoms with Crippen molar-refractivity contribution in [3.05, 3.63) is 64.4 Å². The fraction of sp³-hybridized carbons (Fsp3) is 0.400. The van der Waals surface area contributed by atoms with Crippen LogP contribution >= 0.6 is 11.6 Å². The van der Waals surface area contributed by atoms with Gasteiger partial charge in [-0.25, -0.2) is 4.98 Å². The molecule has 2 rings (SSSR count). The van der Waals surface area contributed by atoms with Gasteiger partial charge in [0.15, 0.2) is 5.96 Å². The van der Waals surface area contributed by atoms with Gasteiger partial charge in [-0.3, -0.25) is 4.99 Å². The predicted octanol–water partition coefficient (Wildman–Crippen LogP) is 3.57. The van der Waals surface area contributed by atoms with Crippen LogP contribution in [0.1, 0.15) is 30.5 Å².